The summed E-state index contributed by atoms with van der Waals surface area (Å²) in [6.45, 7) is 0.405. The fourth-order valence-corrected chi connectivity index (χ4v) is 2.66. The lowest BCUT2D eigenvalue weighted by molar-refractivity contribution is 0.0948. The Morgan fingerprint density at radius 2 is 1.69 bits per heavy atom. The minimum absolute atomic E-state index is 0.198. The van der Waals surface area contributed by atoms with Gasteiger partial charge in [-0.05, 0) is 42.0 Å². The molecule has 0 radical (unpaired) electrons. The molecular weight excluding hydrogens is 366 g/mol. The molecule has 0 saturated carbocycles. The van der Waals surface area contributed by atoms with E-state index in [-0.39, 0.29) is 11.6 Å². The Morgan fingerprint density at radius 1 is 0.966 bits per heavy atom. The number of carbonyl (C=O) groups is 2. The van der Waals surface area contributed by atoms with Crippen molar-refractivity contribution in [3.8, 4) is 0 Å². The second-order valence-electron chi connectivity index (χ2n) is 6.72. The van der Waals surface area contributed by atoms with E-state index in [2.05, 4.69) is 15.6 Å². The van der Waals surface area contributed by atoms with E-state index in [4.69, 9.17) is 5.73 Å². The monoisotopic (exact) mass is 389 g/mol. The summed E-state index contributed by atoms with van der Waals surface area (Å²) >= 11 is 0. The van der Waals surface area contributed by atoms with Crippen molar-refractivity contribution < 1.29 is 9.59 Å². The number of anilines is 3. The molecule has 0 aliphatic carbocycles. The molecule has 148 valence electrons. The predicted octanol–water partition coefficient (Wildman–Crippen LogP) is 2.91. The summed E-state index contributed by atoms with van der Waals surface area (Å²) in [5.74, 6) is -0.649. The van der Waals surface area contributed by atoms with Gasteiger partial charge in [0, 0.05) is 32.5 Å². The van der Waals surface area contributed by atoms with Gasteiger partial charge in [0.2, 0.25) is 0 Å². The summed E-state index contributed by atoms with van der Waals surface area (Å²) in [6.07, 6.45) is 1.38. The highest BCUT2D eigenvalue weighted by molar-refractivity contribution is 6.04. The van der Waals surface area contributed by atoms with Crippen LogP contribution in [0.2, 0.25) is 0 Å². The third kappa shape index (κ3) is 5.10. The van der Waals surface area contributed by atoms with E-state index in [1.807, 2.05) is 43.3 Å². The number of nitrogens with two attached hydrogens (primary N) is 1. The molecule has 0 fully saturated rings. The van der Waals surface area contributed by atoms with Crippen molar-refractivity contribution in [2.75, 3.05) is 30.0 Å². The highest BCUT2D eigenvalue weighted by Gasteiger charge is 2.11. The Hall–Kier alpha value is -3.87. The minimum Gasteiger partial charge on any atom is -0.397 e. The van der Waals surface area contributed by atoms with Crippen molar-refractivity contribution in [1.29, 1.82) is 0 Å². The molecule has 3 aromatic rings. The number of carbonyl (C=O) groups excluding carboxylic acids is 2. The number of rotatable bonds is 6. The summed E-state index contributed by atoms with van der Waals surface area (Å²) in [7, 11) is 3.95. The number of nitrogens with one attached hydrogen (secondary N) is 2. The maximum absolute atomic E-state index is 12.3. The molecule has 7 heteroatoms. The second-order valence-corrected chi connectivity index (χ2v) is 6.72. The van der Waals surface area contributed by atoms with Crippen molar-refractivity contribution in [1.82, 2.24) is 10.3 Å². The van der Waals surface area contributed by atoms with E-state index >= 15 is 0 Å². The van der Waals surface area contributed by atoms with Crippen LogP contribution in [0.25, 0.3) is 0 Å². The average Bonchev–Trinajstić information content (AvgIpc) is 2.74. The molecule has 0 bridgehead atoms. The molecule has 0 aliphatic rings. The van der Waals surface area contributed by atoms with E-state index < -0.39 is 5.91 Å². The van der Waals surface area contributed by atoms with Crippen molar-refractivity contribution in [2.45, 2.75) is 6.54 Å². The number of aromatic nitrogens is 1. The Morgan fingerprint density at radius 3 is 2.31 bits per heavy atom. The number of amides is 2. The first-order chi connectivity index (χ1) is 13.9. The highest BCUT2D eigenvalue weighted by Crippen LogP contribution is 2.17. The third-order valence-corrected chi connectivity index (χ3v) is 4.37. The fraction of sp³-hybridized carbons (Fsp3) is 0.136. The summed E-state index contributed by atoms with van der Waals surface area (Å²) in [6, 6.07) is 18.0. The van der Waals surface area contributed by atoms with Crippen LogP contribution >= 0.6 is 0 Å². The zero-order chi connectivity index (χ0) is 20.8. The van der Waals surface area contributed by atoms with Gasteiger partial charge in [0.15, 0.2) is 0 Å². The standard InChI is InChI=1S/C22H23N5O2/c1-27(2)17-10-7-15(8-11-17)13-25-21(28)16-9-12-20(24-14-16)22(29)26-19-6-4-3-5-18(19)23/h3-12,14H,13,23H2,1-2H3,(H,25,28)(H,26,29). The first-order valence-electron chi connectivity index (χ1n) is 9.10. The Balaban J connectivity index is 1.58. The lowest BCUT2D eigenvalue weighted by Gasteiger charge is -2.13. The summed E-state index contributed by atoms with van der Waals surface area (Å²) < 4.78 is 0. The van der Waals surface area contributed by atoms with Crippen LogP contribution in [0.5, 0.6) is 0 Å². The van der Waals surface area contributed by atoms with Crippen LogP contribution in [-0.2, 0) is 6.54 Å². The first kappa shape index (κ1) is 19.9. The molecule has 0 atom stereocenters. The van der Waals surface area contributed by atoms with Gasteiger partial charge in [0.1, 0.15) is 5.69 Å². The van der Waals surface area contributed by atoms with Gasteiger partial charge < -0.3 is 21.3 Å². The number of nitrogens with zero attached hydrogens (tertiary/aromatic N) is 2. The van der Waals surface area contributed by atoms with Gasteiger partial charge in [-0.1, -0.05) is 24.3 Å². The molecule has 0 spiro atoms. The molecule has 0 saturated heterocycles. The van der Waals surface area contributed by atoms with E-state index in [9.17, 15) is 9.59 Å². The maximum atomic E-state index is 12.3. The van der Waals surface area contributed by atoms with E-state index in [1.54, 1.807) is 30.3 Å². The van der Waals surface area contributed by atoms with E-state index in [0.717, 1.165) is 11.3 Å². The lowest BCUT2D eigenvalue weighted by Crippen LogP contribution is -2.23. The Kier molecular flexibility index (Phi) is 6.09. The molecule has 0 aliphatic heterocycles. The predicted molar refractivity (Wildman–Crippen MR) is 115 cm³/mol. The Labute approximate surface area is 169 Å². The van der Waals surface area contributed by atoms with E-state index in [1.165, 1.54) is 12.3 Å². The molecule has 3 rings (SSSR count). The third-order valence-electron chi connectivity index (χ3n) is 4.37. The summed E-state index contributed by atoms with van der Waals surface area (Å²) in [5.41, 5.74) is 9.47. The zero-order valence-electron chi connectivity index (χ0n) is 16.3. The number of pyridine rings is 1. The smallest absolute Gasteiger partial charge is 0.274 e. The van der Waals surface area contributed by atoms with Gasteiger partial charge in [0.25, 0.3) is 11.8 Å². The van der Waals surface area contributed by atoms with Gasteiger partial charge in [-0.3, -0.25) is 14.6 Å². The molecule has 7 nitrogen and oxygen atoms in total. The van der Waals surface area contributed by atoms with Crippen LogP contribution < -0.4 is 21.3 Å². The van der Waals surface area contributed by atoms with Crippen LogP contribution in [0, 0.1) is 0 Å². The second kappa shape index (κ2) is 8.88. The van der Waals surface area contributed by atoms with Crippen molar-refractivity contribution in [2.24, 2.45) is 0 Å². The molecule has 2 amide bonds. The number of hydrogen-bond acceptors (Lipinski definition) is 5. The highest BCUT2D eigenvalue weighted by atomic mass is 16.2. The van der Waals surface area contributed by atoms with Crippen LogP contribution in [-0.4, -0.2) is 30.9 Å². The molecular formula is C22H23N5O2. The number of para-hydroxylation sites is 2. The van der Waals surface area contributed by atoms with Gasteiger partial charge in [-0.2, -0.15) is 0 Å². The van der Waals surface area contributed by atoms with Gasteiger partial charge >= 0.3 is 0 Å². The number of benzene rings is 2. The molecule has 2 aromatic carbocycles. The van der Waals surface area contributed by atoms with Crippen LogP contribution in [0.4, 0.5) is 17.1 Å². The first-order valence-corrected chi connectivity index (χ1v) is 9.10. The normalized spacial score (nSPS) is 10.3. The van der Waals surface area contributed by atoms with E-state index in [0.29, 0.717) is 23.5 Å². The molecule has 4 N–H and O–H groups in total. The van der Waals surface area contributed by atoms with Gasteiger partial charge in [0.05, 0.1) is 16.9 Å². The minimum atomic E-state index is -0.393. The molecule has 0 unspecified atom stereocenters. The van der Waals surface area contributed by atoms with Gasteiger partial charge in [-0.25, -0.2) is 0 Å². The lowest BCUT2D eigenvalue weighted by atomic mass is 10.2. The SMILES string of the molecule is CN(C)c1ccc(CNC(=O)c2ccc(C(=O)Nc3ccccc3N)nc2)cc1. The number of nitrogen functional groups attached to an aromatic ring is 1. The largest absolute Gasteiger partial charge is 0.397 e. The Bertz CT molecular complexity index is 998. The fourth-order valence-electron chi connectivity index (χ4n) is 2.66. The molecule has 1 heterocycles. The maximum Gasteiger partial charge on any atom is 0.274 e. The van der Waals surface area contributed by atoms with Crippen molar-refractivity contribution in [3.63, 3.8) is 0 Å². The van der Waals surface area contributed by atoms with Crippen molar-refractivity contribution in [3.05, 3.63) is 83.7 Å². The zero-order valence-corrected chi connectivity index (χ0v) is 16.3. The summed E-state index contributed by atoms with van der Waals surface area (Å²) in [5, 5.41) is 5.55. The van der Waals surface area contributed by atoms with Crippen molar-refractivity contribution >= 4 is 28.9 Å². The number of hydrogen-bond donors (Lipinski definition) is 3. The average molecular weight is 389 g/mol. The summed E-state index contributed by atoms with van der Waals surface area (Å²) in [4.78, 5) is 30.7. The molecule has 29 heavy (non-hydrogen) atoms. The molecule has 1 aromatic heterocycles. The van der Waals surface area contributed by atoms with Gasteiger partial charge in [-0.15, -0.1) is 0 Å². The van der Waals surface area contributed by atoms with Crippen LogP contribution in [0.3, 0.4) is 0 Å². The topological polar surface area (TPSA) is 100 Å². The van der Waals surface area contributed by atoms with Crippen LogP contribution in [0.15, 0.2) is 66.9 Å². The van der Waals surface area contributed by atoms with Crippen LogP contribution in [0.1, 0.15) is 26.4 Å². The quantitative estimate of drug-likeness (QED) is 0.563.